The van der Waals surface area contributed by atoms with Gasteiger partial charge in [-0.25, -0.2) is 0 Å². The van der Waals surface area contributed by atoms with E-state index in [2.05, 4.69) is 64.0 Å². The fourth-order valence-electron chi connectivity index (χ4n) is 4.32. The topological polar surface area (TPSA) is 33.4 Å². The molecule has 3 aromatic rings. The van der Waals surface area contributed by atoms with Gasteiger partial charge in [-0.05, 0) is 61.4 Å². The van der Waals surface area contributed by atoms with E-state index in [0.717, 1.165) is 39.3 Å². The molecule has 4 nitrogen and oxygen atoms in total. The van der Waals surface area contributed by atoms with Crippen LogP contribution in [0.3, 0.4) is 0 Å². The van der Waals surface area contributed by atoms with Gasteiger partial charge >= 0.3 is 0 Å². The normalized spacial score (nSPS) is 23.3. The van der Waals surface area contributed by atoms with Gasteiger partial charge in [0.1, 0.15) is 12.1 Å². The number of halogens is 1. The van der Waals surface area contributed by atoms with Crippen LogP contribution in [-0.2, 0) is 0 Å². The van der Waals surface area contributed by atoms with E-state index in [-0.39, 0.29) is 12.1 Å². The van der Waals surface area contributed by atoms with Crippen LogP contribution in [0.2, 0.25) is 5.02 Å². The number of benzene rings is 1. The third kappa shape index (κ3) is 3.17. The molecule has 2 aliphatic rings. The van der Waals surface area contributed by atoms with Crippen molar-refractivity contribution in [3.8, 4) is 5.69 Å². The lowest BCUT2D eigenvalue weighted by atomic mass is 9.99. The lowest BCUT2D eigenvalue weighted by Crippen LogP contribution is -2.36. The van der Waals surface area contributed by atoms with Gasteiger partial charge in [0.05, 0.1) is 5.69 Å². The fraction of sp³-hybridized carbons (Fsp3) is 0.304. The molecule has 3 atom stereocenters. The predicted molar refractivity (Wildman–Crippen MR) is 121 cm³/mol. The Morgan fingerprint density at radius 3 is 2.83 bits per heavy atom. The van der Waals surface area contributed by atoms with Crippen molar-refractivity contribution in [2.75, 3.05) is 5.75 Å². The third-order valence-electron chi connectivity index (χ3n) is 5.83. The molecule has 0 unspecified atom stereocenters. The first-order valence-corrected chi connectivity index (χ1v) is 11.4. The highest BCUT2D eigenvalue weighted by Gasteiger charge is 2.46. The molecule has 4 heterocycles. The Bertz CT molecular complexity index is 1060. The van der Waals surface area contributed by atoms with Crippen molar-refractivity contribution in [2.24, 2.45) is 4.99 Å². The first-order chi connectivity index (χ1) is 14.2. The maximum atomic E-state index is 6.28. The highest BCUT2D eigenvalue weighted by atomic mass is 35.5. The molecule has 0 amide bonds. The number of aryl methyl sites for hydroxylation is 1. The number of aliphatic imine (C=N–C) groups is 1. The maximum Gasteiger partial charge on any atom is 0.160 e. The number of rotatable bonds is 4. The molecular formula is C23H23ClN4S. The molecule has 148 valence electrons. The van der Waals surface area contributed by atoms with Crippen LogP contribution in [0.1, 0.15) is 42.4 Å². The molecule has 1 aromatic carbocycles. The Balaban J connectivity index is 1.63. The van der Waals surface area contributed by atoms with E-state index in [1.807, 2.05) is 37.0 Å². The number of fused-ring (bicyclic) bond motifs is 1. The first-order valence-electron chi connectivity index (χ1n) is 10.0. The number of hydrogen-bond acceptors (Lipinski definition) is 4. The predicted octanol–water partition coefficient (Wildman–Crippen LogP) is 5.81. The highest BCUT2D eigenvalue weighted by molar-refractivity contribution is 8.14. The maximum absolute atomic E-state index is 6.28. The van der Waals surface area contributed by atoms with Crippen molar-refractivity contribution < 1.29 is 0 Å². The third-order valence-corrected chi connectivity index (χ3v) is 7.38. The molecule has 2 aliphatic heterocycles. The molecule has 0 spiro atoms. The van der Waals surface area contributed by atoms with E-state index in [4.69, 9.17) is 16.6 Å². The van der Waals surface area contributed by atoms with Crippen LogP contribution in [0.15, 0.2) is 65.9 Å². The van der Waals surface area contributed by atoms with Gasteiger partial charge in [0.15, 0.2) is 5.17 Å². The average Bonchev–Trinajstić information content (AvgIpc) is 3.45. The van der Waals surface area contributed by atoms with Crippen LogP contribution >= 0.6 is 23.4 Å². The number of amidine groups is 1. The molecule has 5 rings (SSSR count). The fourth-order valence-corrected chi connectivity index (χ4v) is 5.78. The summed E-state index contributed by atoms with van der Waals surface area (Å²) in [5.74, 6) is 1.10. The summed E-state index contributed by atoms with van der Waals surface area (Å²) in [5.41, 5.74) is 4.47. The minimum absolute atomic E-state index is 0.00454. The molecule has 0 bridgehead atoms. The summed E-state index contributed by atoms with van der Waals surface area (Å²) in [4.78, 5) is 12.3. The van der Waals surface area contributed by atoms with Crippen molar-refractivity contribution in [1.82, 2.24) is 14.5 Å². The summed E-state index contributed by atoms with van der Waals surface area (Å²) < 4.78 is 2.28. The SMILES string of the molecule is CC[C@@H]1CSC2=N[C@H](c3ccccn3)[C@@H](c3cccn3-c3ccc(Cl)c(C)c3)N21. The molecule has 0 N–H and O–H groups in total. The van der Waals surface area contributed by atoms with Gasteiger partial charge in [-0.1, -0.05) is 36.4 Å². The Morgan fingerprint density at radius 1 is 1.17 bits per heavy atom. The van der Waals surface area contributed by atoms with E-state index in [1.165, 1.54) is 5.69 Å². The summed E-state index contributed by atoms with van der Waals surface area (Å²) in [5, 5.41) is 1.94. The second-order valence-corrected chi connectivity index (χ2v) is 8.97. The molecule has 0 radical (unpaired) electrons. The van der Waals surface area contributed by atoms with Gasteiger partial charge in [-0.2, -0.15) is 0 Å². The van der Waals surface area contributed by atoms with Crippen LogP contribution in [0.25, 0.3) is 5.69 Å². The summed E-state index contributed by atoms with van der Waals surface area (Å²) in [7, 11) is 0. The van der Waals surface area contributed by atoms with E-state index in [0.29, 0.717) is 6.04 Å². The van der Waals surface area contributed by atoms with Crippen molar-refractivity contribution in [3.63, 3.8) is 0 Å². The number of thioether (sulfide) groups is 1. The summed E-state index contributed by atoms with van der Waals surface area (Å²) >= 11 is 8.15. The van der Waals surface area contributed by atoms with E-state index < -0.39 is 0 Å². The molecule has 1 fully saturated rings. The van der Waals surface area contributed by atoms with Gasteiger partial charge in [0.25, 0.3) is 0 Å². The zero-order valence-corrected chi connectivity index (χ0v) is 18.1. The first kappa shape index (κ1) is 18.8. The molecule has 6 heteroatoms. The Morgan fingerprint density at radius 2 is 2.07 bits per heavy atom. The van der Waals surface area contributed by atoms with Crippen LogP contribution in [0, 0.1) is 6.92 Å². The number of nitrogens with zero attached hydrogens (tertiary/aromatic N) is 4. The summed E-state index contributed by atoms with van der Waals surface area (Å²) in [6, 6.07) is 17.3. The molecular weight excluding hydrogens is 400 g/mol. The van der Waals surface area contributed by atoms with Crippen molar-refractivity contribution in [2.45, 2.75) is 38.4 Å². The van der Waals surface area contributed by atoms with Crippen LogP contribution in [0.5, 0.6) is 0 Å². The van der Waals surface area contributed by atoms with Gasteiger partial charge in [-0.15, -0.1) is 0 Å². The second kappa shape index (κ2) is 7.54. The Kier molecular flexibility index (Phi) is 4.88. The number of hydrogen-bond donors (Lipinski definition) is 0. The van der Waals surface area contributed by atoms with E-state index in [1.54, 1.807) is 0 Å². The van der Waals surface area contributed by atoms with Crippen LogP contribution < -0.4 is 0 Å². The second-order valence-electron chi connectivity index (χ2n) is 7.57. The molecule has 1 saturated heterocycles. The highest BCUT2D eigenvalue weighted by Crippen LogP contribution is 2.48. The standard InChI is InChI=1S/C23H23ClN4S/c1-3-16-14-29-23-26-21(19-7-4-5-11-25-19)22(28(16)23)20-8-6-12-27(20)17-9-10-18(24)15(2)13-17/h4-13,16,21-22H,3,14H2,1-2H3/t16-,21-,22-/m1/s1. The minimum Gasteiger partial charge on any atom is -0.337 e. The number of pyridine rings is 1. The van der Waals surface area contributed by atoms with Crippen molar-refractivity contribution in [3.05, 3.63) is 82.9 Å². The summed E-state index contributed by atoms with van der Waals surface area (Å²) in [6.45, 7) is 4.31. The van der Waals surface area contributed by atoms with Gasteiger partial charge in [0.2, 0.25) is 0 Å². The monoisotopic (exact) mass is 422 g/mol. The lowest BCUT2D eigenvalue weighted by molar-refractivity contribution is 0.249. The largest absolute Gasteiger partial charge is 0.337 e. The molecule has 29 heavy (non-hydrogen) atoms. The van der Waals surface area contributed by atoms with E-state index >= 15 is 0 Å². The van der Waals surface area contributed by atoms with Crippen molar-refractivity contribution in [1.29, 1.82) is 0 Å². The van der Waals surface area contributed by atoms with Crippen LogP contribution in [-0.4, -0.2) is 31.4 Å². The summed E-state index contributed by atoms with van der Waals surface area (Å²) in [6.07, 6.45) is 5.11. The Labute approximate surface area is 180 Å². The average molecular weight is 423 g/mol. The smallest absolute Gasteiger partial charge is 0.160 e. The van der Waals surface area contributed by atoms with Gasteiger partial charge in [-0.3, -0.25) is 9.98 Å². The molecule has 2 aromatic heterocycles. The van der Waals surface area contributed by atoms with Crippen molar-refractivity contribution >= 4 is 28.5 Å². The van der Waals surface area contributed by atoms with Gasteiger partial charge < -0.3 is 9.47 Å². The molecule has 0 saturated carbocycles. The zero-order valence-electron chi connectivity index (χ0n) is 16.5. The quantitative estimate of drug-likeness (QED) is 0.531. The Hall–Kier alpha value is -2.24. The van der Waals surface area contributed by atoms with Crippen LogP contribution in [0.4, 0.5) is 0 Å². The molecule has 0 aliphatic carbocycles. The zero-order chi connectivity index (χ0) is 20.0. The number of aromatic nitrogens is 2. The minimum atomic E-state index is -0.00454. The lowest BCUT2D eigenvalue weighted by Gasteiger charge is -2.32. The van der Waals surface area contributed by atoms with E-state index in [9.17, 15) is 0 Å². The van der Waals surface area contributed by atoms with Gasteiger partial charge in [0, 0.05) is 40.6 Å².